The minimum Gasteiger partial charge on any atom is -0.381 e. The highest BCUT2D eigenvalue weighted by Gasteiger charge is 2.32. The Hall–Kier alpha value is -0.810. The topological polar surface area (TPSA) is 54.9 Å². The second kappa shape index (κ2) is 7.59. The Bertz CT molecular complexity index is 261. The van der Waals surface area contributed by atoms with E-state index in [9.17, 15) is 0 Å². The fraction of sp³-hybridized carbons (Fsp3) is 0.923. The van der Waals surface area contributed by atoms with Crippen molar-refractivity contribution in [2.24, 2.45) is 4.99 Å². The van der Waals surface area contributed by atoms with Crippen LogP contribution in [0.3, 0.4) is 0 Å². The molecule has 18 heavy (non-hydrogen) atoms. The third-order valence-corrected chi connectivity index (χ3v) is 3.13. The summed E-state index contributed by atoms with van der Waals surface area (Å²) in [4.78, 5) is 4.63. The Morgan fingerprint density at radius 3 is 2.56 bits per heavy atom. The number of rotatable bonds is 5. The van der Waals surface area contributed by atoms with Crippen LogP contribution in [0.4, 0.5) is 0 Å². The molecule has 106 valence electrons. The first-order valence-corrected chi connectivity index (χ1v) is 6.79. The van der Waals surface area contributed by atoms with Gasteiger partial charge in [-0.15, -0.1) is 0 Å². The summed E-state index contributed by atoms with van der Waals surface area (Å²) in [6.45, 7) is 9.34. The predicted molar refractivity (Wildman–Crippen MR) is 74.0 cm³/mol. The lowest BCUT2D eigenvalue weighted by Crippen LogP contribution is -2.45. The van der Waals surface area contributed by atoms with E-state index in [1.807, 2.05) is 0 Å². The van der Waals surface area contributed by atoms with Crippen LogP contribution in [-0.4, -0.2) is 51.0 Å². The van der Waals surface area contributed by atoms with E-state index in [-0.39, 0.29) is 5.60 Å². The van der Waals surface area contributed by atoms with Crippen molar-refractivity contribution in [2.45, 2.75) is 45.3 Å². The van der Waals surface area contributed by atoms with Gasteiger partial charge in [-0.2, -0.15) is 0 Å². The maximum atomic E-state index is 5.67. The summed E-state index contributed by atoms with van der Waals surface area (Å²) in [5, 5.41) is 6.56. The number of methoxy groups -OCH3 is 1. The van der Waals surface area contributed by atoms with Crippen LogP contribution in [0, 0.1) is 0 Å². The largest absolute Gasteiger partial charge is 0.381 e. The van der Waals surface area contributed by atoms with Crippen molar-refractivity contribution >= 4 is 5.96 Å². The Morgan fingerprint density at radius 1 is 1.39 bits per heavy atom. The molecule has 5 heteroatoms. The summed E-state index contributed by atoms with van der Waals surface area (Å²) in [6.07, 6.45) is 1.82. The molecule has 0 amide bonds. The Balaban J connectivity index is 2.60. The van der Waals surface area contributed by atoms with E-state index < -0.39 is 0 Å². The molecule has 0 unspecified atom stereocenters. The molecule has 1 rings (SSSR count). The van der Waals surface area contributed by atoms with Crippen LogP contribution in [0.1, 0.15) is 33.6 Å². The fourth-order valence-electron chi connectivity index (χ4n) is 1.99. The maximum absolute atomic E-state index is 5.67. The molecular weight excluding hydrogens is 230 g/mol. The van der Waals surface area contributed by atoms with E-state index in [1.165, 1.54) is 0 Å². The van der Waals surface area contributed by atoms with Gasteiger partial charge in [0.25, 0.3) is 0 Å². The smallest absolute Gasteiger partial charge is 0.191 e. The molecule has 0 aliphatic carbocycles. The van der Waals surface area contributed by atoms with Crippen LogP contribution in [0.5, 0.6) is 0 Å². The average molecular weight is 257 g/mol. The van der Waals surface area contributed by atoms with Crippen LogP contribution in [0.15, 0.2) is 4.99 Å². The van der Waals surface area contributed by atoms with Crippen LogP contribution in [-0.2, 0) is 9.47 Å². The van der Waals surface area contributed by atoms with Gasteiger partial charge in [0.05, 0.1) is 12.1 Å². The summed E-state index contributed by atoms with van der Waals surface area (Å²) in [5.74, 6) is 0.857. The lowest BCUT2D eigenvalue weighted by molar-refractivity contribution is -0.0828. The zero-order chi connectivity index (χ0) is 13.4. The molecular formula is C13H27N3O2. The average Bonchev–Trinajstić information content (AvgIpc) is 2.37. The minimum absolute atomic E-state index is 0.155. The molecule has 1 fully saturated rings. The number of aliphatic imine (C=N–C) groups is 1. The molecule has 0 aromatic rings. The van der Waals surface area contributed by atoms with Gasteiger partial charge in [0.15, 0.2) is 5.96 Å². The van der Waals surface area contributed by atoms with Crippen molar-refractivity contribution in [3.63, 3.8) is 0 Å². The normalized spacial score (nSPS) is 19.9. The summed E-state index contributed by atoms with van der Waals surface area (Å²) in [6, 6.07) is 0.371. The highest BCUT2D eigenvalue weighted by Crippen LogP contribution is 2.24. The third kappa shape index (κ3) is 4.82. The van der Waals surface area contributed by atoms with E-state index in [1.54, 1.807) is 7.11 Å². The van der Waals surface area contributed by atoms with E-state index in [0.29, 0.717) is 12.6 Å². The molecule has 0 saturated carbocycles. The van der Waals surface area contributed by atoms with Gasteiger partial charge in [-0.3, -0.25) is 4.99 Å². The molecule has 1 aliphatic heterocycles. The lowest BCUT2D eigenvalue weighted by atomic mass is 9.94. The van der Waals surface area contributed by atoms with Crippen LogP contribution < -0.4 is 10.6 Å². The fourth-order valence-corrected chi connectivity index (χ4v) is 1.99. The molecule has 0 bridgehead atoms. The Morgan fingerprint density at radius 2 is 2.06 bits per heavy atom. The van der Waals surface area contributed by atoms with Crippen LogP contribution in [0.25, 0.3) is 0 Å². The van der Waals surface area contributed by atoms with Crippen molar-refractivity contribution < 1.29 is 9.47 Å². The number of nitrogens with zero attached hydrogens (tertiary/aromatic N) is 1. The molecule has 0 aromatic carbocycles. The molecule has 0 radical (unpaired) electrons. The number of hydrogen-bond donors (Lipinski definition) is 2. The van der Waals surface area contributed by atoms with Crippen LogP contribution in [0.2, 0.25) is 0 Å². The van der Waals surface area contributed by atoms with Gasteiger partial charge in [0, 0.05) is 45.8 Å². The summed E-state index contributed by atoms with van der Waals surface area (Å²) in [7, 11) is 1.77. The SMILES string of the molecule is CCNC(=NCC1(OC)CCOCC1)NC(C)C. The van der Waals surface area contributed by atoms with Crippen molar-refractivity contribution in [3.8, 4) is 0 Å². The monoisotopic (exact) mass is 257 g/mol. The van der Waals surface area contributed by atoms with E-state index in [4.69, 9.17) is 9.47 Å². The zero-order valence-corrected chi connectivity index (χ0v) is 12.1. The molecule has 0 atom stereocenters. The molecule has 1 saturated heterocycles. The minimum atomic E-state index is -0.155. The van der Waals surface area contributed by atoms with Crippen molar-refractivity contribution in [2.75, 3.05) is 33.4 Å². The molecule has 2 N–H and O–H groups in total. The van der Waals surface area contributed by atoms with Crippen molar-refractivity contribution in [1.29, 1.82) is 0 Å². The molecule has 0 aromatic heterocycles. The lowest BCUT2D eigenvalue weighted by Gasteiger charge is -2.34. The quantitative estimate of drug-likeness (QED) is 0.573. The summed E-state index contributed by atoms with van der Waals surface area (Å²) >= 11 is 0. The van der Waals surface area contributed by atoms with Gasteiger partial charge in [-0.1, -0.05) is 0 Å². The van der Waals surface area contributed by atoms with Crippen LogP contribution >= 0.6 is 0 Å². The van der Waals surface area contributed by atoms with E-state index >= 15 is 0 Å². The zero-order valence-electron chi connectivity index (χ0n) is 12.1. The first kappa shape index (κ1) is 15.2. The highest BCUT2D eigenvalue weighted by molar-refractivity contribution is 5.80. The predicted octanol–water partition coefficient (Wildman–Crippen LogP) is 1.15. The summed E-state index contributed by atoms with van der Waals surface area (Å²) in [5.41, 5.74) is -0.155. The van der Waals surface area contributed by atoms with Gasteiger partial charge >= 0.3 is 0 Å². The highest BCUT2D eigenvalue weighted by atomic mass is 16.5. The number of ether oxygens (including phenoxy) is 2. The summed E-state index contributed by atoms with van der Waals surface area (Å²) < 4.78 is 11.1. The number of nitrogens with one attached hydrogen (secondary N) is 2. The van der Waals surface area contributed by atoms with Gasteiger partial charge < -0.3 is 20.1 Å². The second-order valence-corrected chi connectivity index (χ2v) is 4.99. The standard InChI is InChI=1S/C13H27N3O2/c1-5-14-12(16-11(2)3)15-10-13(17-4)6-8-18-9-7-13/h11H,5-10H2,1-4H3,(H2,14,15,16). The van der Waals surface area contributed by atoms with Crippen molar-refractivity contribution in [3.05, 3.63) is 0 Å². The van der Waals surface area contributed by atoms with E-state index in [0.717, 1.165) is 38.6 Å². The molecule has 1 aliphatic rings. The first-order valence-electron chi connectivity index (χ1n) is 6.79. The Kier molecular flexibility index (Phi) is 6.43. The van der Waals surface area contributed by atoms with Gasteiger partial charge in [-0.05, 0) is 20.8 Å². The third-order valence-electron chi connectivity index (χ3n) is 3.13. The van der Waals surface area contributed by atoms with Gasteiger partial charge in [0.1, 0.15) is 0 Å². The number of hydrogen-bond acceptors (Lipinski definition) is 3. The molecule has 0 spiro atoms. The van der Waals surface area contributed by atoms with Gasteiger partial charge in [0.2, 0.25) is 0 Å². The van der Waals surface area contributed by atoms with E-state index in [2.05, 4.69) is 36.4 Å². The maximum Gasteiger partial charge on any atom is 0.191 e. The molecule has 1 heterocycles. The number of guanidine groups is 1. The second-order valence-electron chi connectivity index (χ2n) is 4.99. The Labute approximate surface area is 110 Å². The first-order chi connectivity index (χ1) is 8.62. The molecule has 5 nitrogen and oxygen atoms in total. The van der Waals surface area contributed by atoms with Crippen molar-refractivity contribution in [1.82, 2.24) is 10.6 Å². The van der Waals surface area contributed by atoms with Gasteiger partial charge in [-0.25, -0.2) is 0 Å².